The van der Waals surface area contributed by atoms with Crippen LogP contribution in [0.25, 0.3) is 28.2 Å². The molecule has 1 amide bonds. The van der Waals surface area contributed by atoms with Crippen LogP contribution in [0.15, 0.2) is 125 Å². The maximum atomic E-state index is 12.7. The number of hydrazone groups is 1. The summed E-state index contributed by atoms with van der Waals surface area (Å²) in [5.74, 6) is 0.543. The number of nitrogens with zero attached hydrogens (tertiary/aromatic N) is 2. The summed E-state index contributed by atoms with van der Waals surface area (Å²) in [6.45, 7) is 2.58. The van der Waals surface area contributed by atoms with Crippen LogP contribution < -0.4 is 10.2 Å². The van der Waals surface area contributed by atoms with Crippen LogP contribution in [0.1, 0.15) is 22.8 Å². The molecule has 0 radical (unpaired) electrons. The average Bonchev–Trinajstić information content (AvgIpc) is 3.34. The van der Waals surface area contributed by atoms with Crippen molar-refractivity contribution in [2.45, 2.75) is 6.92 Å². The summed E-state index contributed by atoms with van der Waals surface area (Å²) in [7, 11) is 0. The van der Waals surface area contributed by atoms with Crippen LogP contribution in [0, 0.1) is 0 Å². The van der Waals surface area contributed by atoms with Gasteiger partial charge in [0, 0.05) is 21.3 Å². The summed E-state index contributed by atoms with van der Waals surface area (Å²) in [6, 6.07) is 37.8. The van der Waals surface area contributed by atoms with Gasteiger partial charge in [-0.25, -0.2) is 5.43 Å². The molecule has 1 aromatic heterocycles. The standard InChI is InChI=1S/C32H26BrN3O2/c1-2-38-29-18-16-28(17-19-29)36-30(23-10-5-3-6-11-23)21-26(31(36)24-12-7-4-8-13-24)22-34-35-32(37)25-14-9-15-27(33)20-25/h3-22H,2H2,1H3,(H,35,37)/b34-22-. The Morgan fingerprint density at radius 1 is 0.868 bits per heavy atom. The first-order valence-corrected chi connectivity index (χ1v) is 13.1. The fraction of sp³-hybridized carbons (Fsp3) is 0.0625. The quantitative estimate of drug-likeness (QED) is 0.155. The van der Waals surface area contributed by atoms with E-state index in [1.165, 1.54) is 0 Å². The van der Waals surface area contributed by atoms with Crippen molar-refractivity contribution in [2.24, 2.45) is 5.10 Å². The molecule has 0 fully saturated rings. The number of benzene rings is 4. The topological polar surface area (TPSA) is 55.6 Å². The highest BCUT2D eigenvalue weighted by Crippen LogP contribution is 2.35. The zero-order valence-electron chi connectivity index (χ0n) is 20.8. The minimum atomic E-state index is -0.280. The van der Waals surface area contributed by atoms with E-state index in [1.807, 2.05) is 67.6 Å². The third kappa shape index (κ3) is 5.61. The van der Waals surface area contributed by atoms with Gasteiger partial charge in [-0.05, 0) is 66.6 Å². The van der Waals surface area contributed by atoms with E-state index in [0.717, 1.165) is 44.0 Å². The Kier molecular flexibility index (Phi) is 7.81. The molecule has 5 aromatic rings. The Bertz CT molecular complexity index is 1560. The summed E-state index contributed by atoms with van der Waals surface area (Å²) in [5, 5.41) is 4.34. The van der Waals surface area contributed by atoms with Crippen LogP contribution in [0.3, 0.4) is 0 Å². The molecule has 0 atom stereocenters. The Balaban J connectivity index is 1.62. The van der Waals surface area contributed by atoms with Crippen molar-refractivity contribution in [3.05, 3.63) is 131 Å². The molecule has 5 rings (SSSR count). The van der Waals surface area contributed by atoms with Crippen LogP contribution in [0.5, 0.6) is 5.75 Å². The number of hydrogen-bond acceptors (Lipinski definition) is 3. The lowest BCUT2D eigenvalue weighted by Gasteiger charge is -2.15. The van der Waals surface area contributed by atoms with Crippen molar-refractivity contribution in [2.75, 3.05) is 6.61 Å². The monoisotopic (exact) mass is 563 g/mol. The van der Waals surface area contributed by atoms with E-state index in [4.69, 9.17) is 4.74 Å². The van der Waals surface area contributed by atoms with E-state index >= 15 is 0 Å². The van der Waals surface area contributed by atoms with Gasteiger partial charge < -0.3 is 9.30 Å². The first-order valence-electron chi connectivity index (χ1n) is 12.3. The third-order valence-corrected chi connectivity index (χ3v) is 6.50. The number of rotatable bonds is 8. The van der Waals surface area contributed by atoms with Gasteiger partial charge in [0.25, 0.3) is 5.91 Å². The number of carbonyl (C=O) groups is 1. The molecule has 5 nitrogen and oxygen atoms in total. The summed E-state index contributed by atoms with van der Waals surface area (Å²) in [4.78, 5) is 12.7. The van der Waals surface area contributed by atoms with Crippen molar-refractivity contribution in [1.29, 1.82) is 0 Å². The van der Waals surface area contributed by atoms with Gasteiger partial charge in [0.2, 0.25) is 0 Å². The van der Waals surface area contributed by atoms with Crippen molar-refractivity contribution in [3.8, 4) is 34.0 Å². The molecule has 0 unspecified atom stereocenters. The van der Waals surface area contributed by atoms with Gasteiger partial charge in [-0.15, -0.1) is 0 Å². The van der Waals surface area contributed by atoms with Gasteiger partial charge in [-0.3, -0.25) is 4.79 Å². The molecule has 38 heavy (non-hydrogen) atoms. The SMILES string of the molecule is CCOc1ccc(-n2c(-c3ccccc3)cc(/C=N\NC(=O)c3cccc(Br)c3)c2-c2ccccc2)cc1. The molecule has 0 saturated heterocycles. The number of nitrogens with one attached hydrogen (secondary N) is 1. The van der Waals surface area contributed by atoms with E-state index in [2.05, 4.69) is 73.5 Å². The van der Waals surface area contributed by atoms with Crippen LogP contribution in [0.4, 0.5) is 0 Å². The van der Waals surface area contributed by atoms with Crippen molar-refractivity contribution >= 4 is 28.1 Å². The van der Waals surface area contributed by atoms with E-state index in [1.54, 1.807) is 18.3 Å². The Labute approximate surface area is 230 Å². The third-order valence-electron chi connectivity index (χ3n) is 6.01. The molecule has 0 aliphatic heterocycles. The number of amides is 1. The number of ether oxygens (including phenoxy) is 1. The maximum Gasteiger partial charge on any atom is 0.271 e. The number of hydrogen-bond donors (Lipinski definition) is 1. The minimum absolute atomic E-state index is 0.280. The molecule has 0 aliphatic carbocycles. The number of halogens is 1. The van der Waals surface area contributed by atoms with E-state index < -0.39 is 0 Å². The van der Waals surface area contributed by atoms with Gasteiger partial charge in [-0.2, -0.15) is 5.10 Å². The molecule has 188 valence electrons. The molecule has 0 saturated carbocycles. The molecule has 0 bridgehead atoms. The number of carbonyl (C=O) groups excluding carboxylic acids is 1. The van der Waals surface area contributed by atoms with E-state index in [9.17, 15) is 4.79 Å². The van der Waals surface area contributed by atoms with Crippen LogP contribution in [0.2, 0.25) is 0 Å². The van der Waals surface area contributed by atoms with Crippen molar-refractivity contribution < 1.29 is 9.53 Å². The Hall–Kier alpha value is -4.42. The lowest BCUT2D eigenvalue weighted by Crippen LogP contribution is -2.17. The fourth-order valence-electron chi connectivity index (χ4n) is 4.32. The molecule has 6 heteroatoms. The van der Waals surface area contributed by atoms with Crippen molar-refractivity contribution in [1.82, 2.24) is 9.99 Å². The second kappa shape index (κ2) is 11.8. The summed E-state index contributed by atoms with van der Waals surface area (Å²) >= 11 is 3.41. The van der Waals surface area contributed by atoms with Gasteiger partial charge in [0.1, 0.15) is 5.75 Å². The molecule has 0 spiro atoms. The number of aromatic nitrogens is 1. The normalized spacial score (nSPS) is 11.0. The lowest BCUT2D eigenvalue weighted by atomic mass is 10.1. The molecule has 0 aliphatic rings. The van der Waals surface area contributed by atoms with Crippen LogP contribution in [-0.2, 0) is 0 Å². The van der Waals surface area contributed by atoms with Crippen LogP contribution >= 0.6 is 15.9 Å². The smallest absolute Gasteiger partial charge is 0.271 e. The van der Waals surface area contributed by atoms with Crippen LogP contribution in [-0.4, -0.2) is 23.3 Å². The molecule has 4 aromatic carbocycles. The zero-order chi connectivity index (χ0) is 26.3. The second-order valence-electron chi connectivity index (χ2n) is 8.54. The first kappa shape index (κ1) is 25.2. The molecular weight excluding hydrogens is 538 g/mol. The summed E-state index contributed by atoms with van der Waals surface area (Å²) < 4.78 is 8.73. The summed E-state index contributed by atoms with van der Waals surface area (Å²) in [5.41, 5.74) is 9.13. The highest BCUT2D eigenvalue weighted by atomic mass is 79.9. The predicted molar refractivity (Wildman–Crippen MR) is 157 cm³/mol. The highest BCUT2D eigenvalue weighted by Gasteiger charge is 2.19. The highest BCUT2D eigenvalue weighted by molar-refractivity contribution is 9.10. The maximum absolute atomic E-state index is 12.7. The van der Waals surface area contributed by atoms with E-state index in [0.29, 0.717) is 12.2 Å². The van der Waals surface area contributed by atoms with Gasteiger partial charge in [0.15, 0.2) is 0 Å². The predicted octanol–water partition coefficient (Wildman–Crippen LogP) is 7.74. The fourth-order valence-corrected chi connectivity index (χ4v) is 4.72. The van der Waals surface area contributed by atoms with E-state index in [-0.39, 0.29) is 5.91 Å². The zero-order valence-corrected chi connectivity index (χ0v) is 22.4. The van der Waals surface area contributed by atoms with Crippen molar-refractivity contribution in [3.63, 3.8) is 0 Å². The molecule has 1 heterocycles. The molecular formula is C32H26BrN3O2. The molecule has 1 N–H and O–H groups in total. The van der Waals surface area contributed by atoms with Gasteiger partial charge >= 0.3 is 0 Å². The van der Waals surface area contributed by atoms with Gasteiger partial charge in [0.05, 0.1) is 24.2 Å². The van der Waals surface area contributed by atoms with Gasteiger partial charge in [-0.1, -0.05) is 82.7 Å². The lowest BCUT2D eigenvalue weighted by molar-refractivity contribution is 0.0955. The Morgan fingerprint density at radius 3 is 2.21 bits per heavy atom. The average molecular weight is 564 g/mol. The summed E-state index contributed by atoms with van der Waals surface area (Å²) in [6.07, 6.45) is 1.70. The second-order valence-corrected chi connectivity index (χ2v) is 9.45. The minimum Gasteiger partial charge on any atom is -0.494 e. The first-order chi connectivity index (χ1) is 18.6. The Morgan fingerprint density at radius 2 is 1.55 bits per heavy atom. The largest absolute Gasteiger partial charge is 0.494 e.